The molecular weight excluding hydrogens is 290 g/mol. The molecule has 0 saturated carbocycles. The molecule has 2 heterocycles. The van der Waals surface area contributed by atoms with Crippen molar-refractivity contribution in [3.63, 3.8) is 0 Å². The highest BCUT2D eigenvalue weighted by atomic mass is 16.7. The van der Waals surface area contributed by atoms with E-state index in [-0.39, 0.29) is 6.61 Å². The van der Waals surface area contributed by atoms with Crippen LogP contribution >= 0.6 is 0 Å². The van der Waals surface area contributed by atoms with Gasteiger partial charge in [0.05, 0.1) is 12.6 Å². The van der Waals surface area contributed by atoms with Crippen molar-refractivity contribution in [2.75, 3.05) is 6.61 Å². The molecule has 2 amide bonds. The van der Waals surface area contributed by atoms with E-state index in [1.54, 1.807) is 34.6 Å². The summed E-state index contributed by atoms with van der Waals surface area (Å²) in [6.07, 6.45) is 0.229. The molecule has 2 rings (SSSR count). The molecule has 0 aliphatic carbocycles. The van der Waals surface area contributed by atoms with E-state index >= 15 is 0 Å². The van der Waals surface area contributed by atoms with E-state index in [1.165, 1.54) is 12.2 Å². The first-order chi connectivity index (χ1) is 10.0. The number of amides is 2. The standard InChI is InChI=1S/C15H23NO6/c1-14(2,3)22-13(19)16-9(6-7-11(16)17)12(18)10-8-20-15(4,5)21-10/h6-7,9-10,12,18H,8H2,1-5H3/t9?,10-,12+/m1/s1. The second kappa shape index (κ2) is 5.64. The highest BCUT2D eigenvalue weighted by Crippen LogP contribution is 2.28. The van der Waals surface area contributed by atoms with Crippen molar-refractivity contribution >= 4 is 12.0 Å². The van der Waals surface area contributed by atoms with Gasteiger partial charge in [0.1, 0.15) is 17.8 Å². The van der Waals surface area contributed by atoms with Gasteiger partial charge in [-0.05, 0) is 34.6 Å². The minimum absolute atomic E-state index is 0.189. The highest BCUT2D eigenvalue weighted by molar-refractivity contribution is 6.01. The number of hydrogen-bond donors (Lipinski definition) is 1. The molecule has 1 N–H and O–H groups in total. The molecule has 7 heteroatoms. The van der Waals surface area contributed by atoms with Gasteiger partial charge in [0.25, 0.3) is 5.91 Å². The molecule has 1 unspecified atom stereocenters. The van der Waals surface area contributed by atoms with Crippen molar-refractivity contribution in [1.82, 2.24) is 4.90 Å². The SMILES string of the molecule is CC(C)(C)OC(=O)N1C(=O)C=CC1[C@H](O)[C@H]1COC(C)(C)O1. The van der Waals surface area contributed by atoms with Gasteiger partial charge in [0.2, 0.25) is 0 Å². The normalized spacial score (nSPS) is 29.0. The zero-order valence-corrected chi connectivity index (χ0v) is 13.5. The maximum absolute atomic E-state index is 12.2. The molecule has 0 spiro atoms. The number of aliphatic hydroxyl groups excluding tert-OH is 1. The van der Waals surface area contributed by atoms with Gasteiger partial charge in [0, 0.05) is 6.08 Å². The number of carbonyl (C=O) groups is 2. The van der Waals surface area contributed by atoms with Crippen LogP contribution < -0.4 is 0 Å². The van der Waals surface area contributed by atoms with Crippen molar-refractivity contribution in [3.05, 3.63) is 12.2 Å². The van der Waals surface area contributed by atoms with Crippen LogP contribution in [0.5, 0.6) is 0 Å². The fourth-order valence-corrected chi connectivity index (χ4v) is 2.39. The van der Waals surface area contributed by atoms with Gasteiger partial charge in [-0.2, -0.15) is 0 Å². The Morgan fingerprint density at radius 3 is 2.64 bits per heavy atom. The summed E-state index contributed by atoms with van der Waals surface area (Å²) in [5, 5.41) is 10.5. The minimum Gasteiger partial charge on any atom is -0.443 e. The first kappa shape index (κ1) is 16.9. The molecular formula is C15H23NO6. The monoisotopic (exact) mass is 313 g/mol. The molecule has 22 heavy (non-hydrogen) atoms. The van der Waals surface area contributed by atoms with Gasteiger partial charge in [0.15, 0.2) is 5.79 Å². The van der Waals surface area contributed by atoms with Crippen molar-refractivity contribution in [2.24, 2.45) is 0 Å². The summed E-state index contributed by atoms with van der Waals surface area (Å²) in [5.41, 5.74) is -0.732. The predicted molar refractivity (Wildman–Crippen MR) is 76.9 cm³/mol. The topological polar surface area (TPSA) is 85.3 Å². The second-order valence-corrected chi connectivity index (χ2v) is 6.90. The van der Waals surface area contributed by atoms with Gasteiger partial charge in [-0.25, -0.2) is 9.69 Å². The molecule has 0 radical (unpaired) electrons. The molecule has 0 aromatic heterocycles. The number of aliphatic hydroxyl groups is 1. The van der Waals surface area contributed by atoms with E-state index in [2.05, 4.69) is 0 Å². The predicted octanol–water partition coefficient (Wildman–Crippen LogP) is 1.20. The lowest BCUT2D eigenvalue weighted by Gasteiger charge is -2.31. The van der Waals surface area contributed by atoms with Crippen LogP contribution in [0.4, 0.5) is 4.79 Å². The Kier molecular flexibility index (Phi) is 4.34. The summed E-state index contributed by atoms with van der Waals surface area (Å²) in [4.78, 5) is 25.0. The Morgan fingerprint density at radius 1 is 1.50 bits per heavy atom. The van der Waals surface area contributed by atoms with E-state index < -0.39 is 41.6 Å². The summed E-state index contributed by atoms with van der Waals surface area (Å²) in [6, 6.07) is -0.829. The van der Waals surface area contributed by atoms with Gasteiger partial charge >= 0.3 is 6.09 Å². The first-order valence-corrected chi connectivity index (χ1v) is 7.24. The lowest BCUT2D eigenvalue weighted by molar-refractivity contribution is -0.155. The molecule has 1 fully saturated rings. The van der Waals surface area contributed by atoms with Crippen molar-refractivity contribution < 1.29 is 28.9 Å². The summed E-state index contributed by atoms with van der Waals surface area (Å²) < 4.78 is 16.2. The van der Waals surface area contributed by atoms with E-state index in [0.717, 1.165) is 4.90 Å². The van der Waals surface area contributed by atoms with Crippen LogP contribution in [0, 0.1) is 0 Å². The van der Waals surface area contributed by atoms with Crippen molar-refractivity contribution in [3.8, 4) is 0 Å². The number of imide groups is 1. The number of ether oxygens (including phenoxy) is 3. The molecule has 0 aromatic carbocycles. The Hall–Kier alpha value is -1.44. The molecule has 2 aliphatic rings. The third-order valence-corrected chi connectivity index (χ3v) is 3.32. The lowest BCUT2D eigenvalue weighted by Crippen LogP contribution is -2.51. The number of hydrogen-bond acceptors (Lipinski definition) is 6. The van der Waals surface area contributed by atoms with Crippen LogP contribution in [0.15, 0.2) is 12.2 Å². The zero-order chi connectivity index (χ0) is 16.7. The zero-order valence-electron chi connectivity index (χ0n) is 13.5. The number of nitrogens with zero attached hydrogens (tertiary/aromatic N) is 1. The Labute approximate surface area is 129 Å². The molecule has 0 bridgehead atoms. The second-order valence-electron chi connectivity index (χ2n) is 6.90. The summed E-state index contributed by atoms with van der Waals surface area (Å²) in [5.74, 6) is -1.31. The maximum Gasteiger partial charge on any atom is 0.417 e. The van der Waals surface area contributed by atoms with Crippen molar-refractivity contribution in [2.45, 2.75) is 64.3 Å². The molecule has 7 nitrogen and oxygen atoms in total. The molecule has 2 aliphatic heterocycles. The number of rotatable bonds is 2. The fourth-order valence-electron chi connectivity index (χ4n) is 2.39. The van der Waals surface area contributed by atoms with E-state index in [4.69, 9.17) is 14.2 Å². The van der Waals surface area contributed by atoms with E-state index in [0.29, 0.717) is 0 Å². The van der Waals surface area contributed by atoms with E-state index in [9.17, 15) is 14.7 Å². The highest BCUT2D eigenvalue weighted by Gasteiger charge is 2.45. The first-order valence-electron chi connectivity index (χ1n) is 7.24. The third-order valence-electron chi connectivity index (χ3n) is 3.32. The molecule has 0 aromatic rings. The third kappa shape index (κ3) is 3.66. The lowest BCUT2D eigenvalue weighted by atomic mass is 10.1. The van der Waals surface area contributed by atoms with Crippen LogP contribution in [0.25, 0.3) is 0 Å². The average molecular weight is 313 g/mol. The Morgan fingerprint density at radius 2 is 2.14 bits per heavy atom. The van der Waals surface area contributed by atoms with Crippen LogP contribution in [0.3, 0.4) is 0 Å². The van der Waals surface area contributed by atoms with Crippen LogP contribution in [0.1, 0.15) is 34.6 Å². The van der Waals surface area contributed by atoms with Crippen molar-refractivity contribution in [1.29, 1.82) is 0 Å². The average Bonchev–Trinajstić information content (AvgIpc) is 2.89. The summed E-state index contributed by atoms with van der Waals surface area (Å²) >= 11 is 0. The maximum atomic E-state index is 12.2. The largest absolute Gasteiger partial charge is 0.443 e. The summed E-state index contributed by atoms with van der Waals surface area (Å²) in [6.45, 7) is 8.79. The smallest absolute Gasteiger partial charge is 0.417 e. The molecule has 1 saturated heterocycles. The van der Waals surface area contributed by atoms with Gasteiger partial charge in [-0.1, -0.05) is 6.08 Å². The van der Waals surface area contributed by atoms with Crippen LogP contribution in [0.2, 0.25) is 0 Å². The van der Waals surface area contributed by atoms with Gasteiger partial charge in [-0.15, -0.1) is 0 Å². The number of carbonyl (C=O) groups excluding carboxylic acids is 2. The Balaban J connectivity index is 2.10. The Bertz CT molecular complexity index is 493. The summed E-state index contributed by atoms with van der Waals surface area (Å²) in [7, 11) is 0. The van der Waals surface area contributed by atoms with Gasteiger partial charge in [-0.3, -0.25) is 4.79 Å². The molecule has 124 valence electrons. The van der Waals surface area contributed by atoms with E-state index in [1.807, 2.05) is 0 Å². The quantitative estimate of drug-likeness (QED) is 0.824. The van der Waals surface area contributed by atoms with Gasteiger partial charge < -0.3 is 19.3 Å². The molecule has 3 atom stereocenters. The van der Waals surface area contributed by atoms with Crippen LogP contribution in [-0.4, -0.2) is 58.3 Å². The fraction of sp³-hybridized carbons (Fsp3) is 0.733. The minimum atomic E-state index is -1.09. The van der Waals surface area contributed by atoms with Crippen LogP contribution in [-0.2, 0) is 19.0 Å².